The molecule has 0 unspecified atom stereocenters. The van der Waals surface area contributed by atoms with E-state index in [1.54, 1.807) is 12.1 Å². The largest absolute Gasteiger partial charge is 0.392 e. The second kappa shape index (κ2) is 8.06. The second-order valence-corrected chi connectivity index (χ2v) is 6.61. The van der Waals surface area contributed by atoms with Crippen LogP contribution < -0.4 is 5.32 Å². The van der Waals surface area contributed by atoms with Crippen molar-refractivity contribution in [3.8, 4) is 0 Å². The number of halogens is 1. The van der Waals surface area contributed by atoms with Crippen LogP contribution in [0.15, 0.2) is 48.5 Å². The highest BCUT2D eigenvalue weighted by Crippen LogP contribution is 2.27. The maximum absolute atomic E-state index is 13.3. The zero-order valence-electron chi connectivity index (χ0n) is 14.2. The van der Waals surface area contributed by atoms with Gasteiger partial charge in [0.2, 0.25) is 5.91 Å². The monoisotopic (exact) mass is 329 g/mol. The van der Waals surface area contributed by atoms with Crippen LogP contribution in [0.3, 0.4) is 0 Å². The third-order valence-corrected chi connectivity index (χ3v) is 4.30. The van der Waals surface area contributed by atoms with Crippen molar-refractivity contribution in [2.45, 2.75) is 45.3 Å². The summed E-state index contributed by atoms with van der Waals surface area (Å²) < 4.78 is 13.3. The van der Waals surface area contributed by atoms with Gasteiger partial charge in [-0.05, 0) is 35.1 Å². The van der Waals surface area contributed by atoms with E-state index in [0.29, 0.717) is 13.0 Å². The van der Waals surface area contributed by atoms with Gasteiger partial charge in [-0.2, -0.15) is 0 Å². The van der Waals surface area contributed by atoms with Crippen molar-refractivity contribution in [2.75, 3.05) is 0 Å². The van der Waals surface area contributed by atoms with Gasteiger partial charge in [-0.1, -0.05) is 50.2 Å². The Bertz CT molecular complexity index is 683. The summed E-state index contributed by atoms with van der Waals surface area (Å²) in [6.07, 6.45) is 1.17. The van der Waals surface area contributed by atoms with E-state index < -0.39 is 5.82 Å². The summed E-state index contributed by atoms with van der Waals surface area (Å²) in [4.78, 5) is 12.1. The molecule has 0 fully saturated rings. The highest BCUT2D eigenvalue weighted by Gasteiger charge is 2.21. The number of aliphatic hydroxyl groups is 1. The normalized spacial score (nSPS) is 11.3. The van der Waals surface area contributed by atoms with Gasteiger partial charge >= 0.3 is 0 Å². The van der Waals surface area contributed by atoms with Crippen LogP contribution in [0.1, 0.15) is 43.4 Å². The lowest BCUT2D eigenvalue weighted by atomic mass is 9.80. The van der Waals surface area contributed by atoms with Gasteiger partial charge in [0, 0.05) is 18.5 Å². The van der Waals surface area contributed by atoms with Crippen molar-refractivity contribution < 1.29 is 14.3 Å². The lowest BCUT2D eigenvalue weighted by Gasteiger charge is -2.25. The third-order valence-electron chi connectivity index (χ3n) is 4.30. The number of aliphatic hydroxyl groups excluding tert-OH is 1. The second-order valence-electron chi connectivity index (χ2n) is 6.61. The van der Waals surface area contributed by atoms with E-state index in [2.05, 4.69) is 31.3 Å². The van der Waals surface area contributed by atoms with Crippen LogP contribution >= 0.6 is 0 Å². The predicted molar refractivity (Wildman–Crippen MR) is 92.9 cm³/mol. The van der Waals surface area contributed by atoms with Gasteiger partial charge in [0.25, 0.3) is 0 Å². The number of hydrogen-bond acceptors (Lipinski definition) is 2. The average Bonchev–Trinajstić information content (AvgIpc) is 2.60. The zero-order valence-corrected chi connectivity index (χ0v) is 14.2. The molecule has 0 aliphatic heterocycles. The number of amides is 1. The molecule has 0 heterocycles. The van der Waals surface area contributed by atoms with E-state index in [9.17, 15) is 9.18 Å². The molecule has 2 aromatic carbocycles. The standard InChI is InChI=1S/C20H24FNO2/c1-20(2,17-6-4-3-5-7-17)11-10-19(24)22-13-15-8-9-18(21)16(12-15)14-23/h3-9,12,23H,10-11,13-14H2,1-2H3,(H,22,24). The van der Waals surface area contributed by atoms with Gasteiger partial charge in [-0.15, -0.1) is 0 Å². The van der Waals surface area contributed by atoms with E-state index in [4.69, 9.17) is 5.11 Å². The molecule has 0 aliphatic carbocycles. The Balaban J connectivity index is 1.85. The highest BCUT2D eigenvalue weighted by molar-refractivity contribution is 5.76. The van der Waals surface area contributed by atoms with Crippen LogP contribution in [0.2, 0.25) is 0 Å². The molecular weight excluding hydrogens is 305 g/mol. The average molecular weight is 329 g/mol. The Kier molecular flexibility index (Phi) is 6.10. The molecule has 0 saturated carbocycles. The summed E-state index contributed by atoms with van der Waals surface area (Å²) in [7, 11) is 0. The first-order valence-corrected chi connectivity index (χ1v) is 8.13. The summed E-state index contributed by atoms with van der Waals surface area (Å²) in [5.41, 5.74) is 2.16. The van der Waals surface area contributed by atoms with Gasteiger partial charge < -0.3 is 10.4 Å². The van der Waals surface area contributed by atoms with Crippen LogP contribution in [0.5, 0.6) is 0 Å². The molecule has 0 bridgehead atoms. The quantitative estimate of drug-likeness (QED) is 0.814. The predicted octanol–water partition coefficient (Wildman–Crippen LogP) is 3.69. The van der Waals surface area contributed by atoms with Crippen molar-refractivity contribution >= 4 is 5.91 Å². The Morgan fingerprint density at radius 3 is 2.54 bits per heavy atom. The van der Waals surface area contributed by atoms with Gasteiger partial charge in [0.15, 0.2) is 0 Å². The minimum atomic E-state index is -0.433. The number of rotatable bonds is 7. The topological polar surface area (TPSA) is 49.3 Å². The maximum atomic E-state index is 13.3. The highest BCUT2D eigenvalue weighted by atomic mass is 19.1. The van der Waals surface area contributed by atoms with Crippen molar-refractivity contribution in [1.82, 2.24) is 5.32 Å². The Morgan fingerprint density at radius 1 is 1.17 bits per heavy atom. The van der Waals surface area contributed by atoms with Crippen LogP contribution in [0.25, 0.3) is 0 Å². The lowest BCUT2D eigenvalue weighted by molar-refractivity contribution is -0.121. The molecule has 0 atom stereocenters. The third kappa shape index (κ3) is 4.90. The van der Waals surface area contributed by atoms with Crippen LogP contribution in [-0.2, 0) is 23.4 Å². The number of hydrogen-bond donors (Lipinski definition) is 2. The van der Waals surface area contributed by atoms with E-state index in [-0.39, 0.29) is 23.5 Å². The van der Waals surface area contributed by atoms with Gasteiger partial charge in [-0.3, -0.25) is 4.79 Å². The first-order valence-electron chi connectivity index (χ1n) is 8.13. The fraction of sp³-hybridized carbons (Fsp3) is 0.350. The van der Waals surface area contributed by atoms with E-state index in [1.807, 2.05) is 18.2 Å². The summed E-state index contributed by atoms with van der Waals surface area (Å²) >= 11 is 0. The minimum Gasteiger partial charge on any atom is -0.392 e. The smallest absolute Gasteiger partial charge is 0.220 e. The van der Waals surface area contributed by atoms with Gasteiger partial charge in [-0.25, -0.2) is 4.39 Å². The summed E-state index contributed by atoms with van der Waals surface area (Å²) in [5.74, 6) is -0.467. The number of nitrogens with one attached hydrogen (secondary N) is 1. The molecule has 24 heavy (non-hydrogen) atoms. The Morgan fingerprint density at radius 2 is 1.88 bits per heavy atom. The molecule has 128 valence electrons. The van der Waals surface area contributed by atoms with Crippen molar-refractivity contribution in [3.63, 3.8) is 0 Å². The SMILES string of the molecule is CC(C)(CCC(=O)NCc1ccc(F)c(CO)c1)c1ccccc1. The molecule has 3 nitrogen and oxygen atoms in total. The fourth-order valence-electron chi connectivity index (χ4n) is 2.61. The maximum Gasteiger partial charge on any atom is 0.220 e. The number of benzene rings is 2. The first-order chi connectivity index (χ1) is 11.4. The molecule has 0 spiro atoms. The van der Waals surface area contributed by atoms with Crippen molar-refractivity contribution in [3.05, 3.63) is 71.0 Å². The molecule has 1 amide bonds. The Hall–Kier alpha value is -2.20. The molecular formula is C20H24FNO2. The molecule has 2 N–H and O–H groups in total. The van der Waals surface area contributed by atoms with E-state index in [0.717, 1.165) is 12.0 Å². The number of carbonyl (C=O) groups is 1. The lowest BCUT2D eigenvalue weighted by Crippen LogP contribution is -2.26. The summed E-state index contributed by atoms with van der Waals surface area (Å²) in [5, 5.41) is 11.9. The molecule has 0 aliphatic rings. The van der Waals surface area contributed by atoms with Gasteiger partial charge in [0.05, 0.1) is 6.61 Å². The zero-order chi connectivity index (χ0) is 17.6. The molecule has 0 saturated heterocycles. The summed E-state index contributed by atoms with van der Waals surface area (Å²) in [6, 6.07) is 14.6. The van der Waals surface area contributed by atoms with Crippen molar-refractivity contribution in [1.29, 1.82) is 0 Å². The first kappa shape index (κ1) is 18.1. The minimum absolute atomic E-state index is 0.0334. The van der Waals surface area contributed by atoms with Crippen LogP contribution in [0.4, 0.5) is 4.39 Å². The molecule has 4 heteroatoms. The Labute approximate surface area is 142 Å². The molecule has 0 radical (unpaired) electrons. The molecule has 2 rings (SSSR count). The van der Waals surface area contributed by atoms with E-state index >= 15 is 0 Å². The van der Waals surface area contributed by atoms with E-state index in [1.165, 1.54) is 11.6 Å². The molecule has 2 aromatic rings. The summed E-state index contributed by atoms with van der Waals surface area (Å²) in [6.45, 7) is 4.24. The number of carbonyl (C=O) groups excluding carboxylic acids is 1. The molecule has 0 aromatic heterocycles. The van der Waals surface area contributed by atoms with Gasteiger partial charge in [0.1, 0.15) is 5.82 Å². The van der Waals surface area contributed by atoms with Crippen LogP contribution in [-0.4, -0.2) is 11.0 Å². The van der Waals surface area contributed by atoms with Crippen LogP contribution in [0, 0.1) is 5.82 Å². The van der Waals surface area contributed by atoms with Crippen molar-refractivity contribution in [2.24, 2.45) is 0 Å². The fourth-order valence-corrected chi connectivity index (χ4v) is 2.61.